The molecule has 0 aromatic carbocycles. The van der Waals surface area contributed by atoms with Gasteiger partial charge in [-0.15, -0.1) is 0 Å². The van der Waals surface area contributed by atoms with E-state index in [1.54, 1.807) is 0 Å². The zero-order valence-electron chi connectivity index (χ0n) is 17.5. The third kappa shape index (κ3) is 12.2. The summed E-state index contributed by atoms with van der Waals surface area (Å²) in [5.41, 5.74) is 1.27. The lowest BCUT2D eigenvalue weighted by Gasteiger charge is -2.18. The van der Waals surface area contributed by atoms with Crippen molar-refractivity contribution in [3.63, 3.8) is 0 Å². The van der Waals surface area contributed by atoms with Crippen molar-refractivity contribution in [1.29, 1.82) is 10.8 Å². The molecule has 0 amide bonds. The van der Waals surface area contributed by atoms with Gasteiger partial charge in [0, 0.05) is 28.8 Å². The molecular weight excluding hydrogens is 300 g/mol. The van der Waals surface area contributed by atoms with Crippen LogP contribution in [0, 0.1) is 27.1 Å². The molecule has 0 aromatic heterocycles. The molecule has 1 rings (SSSR count). The van der Waals surface area contributed by atoms with Crippen LogP contribution in [0.15, 0.2) is 4.99 Å². The number of rotatable bonds is 1. The van der Waals surface area contributed by atoms with Gasteiger partial charge in [0.25, 0.3) is 0 Å². The van der Waals surface area contributed by atoms with Crippen molar-refractivity contribution in [2.75, 3.05) is 19.7 Å². The Labute approximate surface area is 149 Å². The second-order valence-electron chi connectivity index (χ2n) is 9.17. The summed E-state index contributed by atoms with van der Waals surface area (Å²) in [6.45, 7) is 22.0. The second kappa shape index (κ2) is 9.92. The Morgan fingerprint density at radius 1 is 1.00 bits per heavy atom. The van der Waals surface area contributed by atoms with Gasteiger partial charge in [0.2, 0.25) is 0 Å². The van der Waals surface area contributed by atoms with Gasteiger partial charge < -0.3 is 21.2 Å². The maximum atomic E-state index is 8.45. The monoisotopic (exact) mass is 340 g/mol. The van der Waals surface area contributed by atoms with E-state index in [9.17, 15) is 0 Å². The highest BCUT2D eigenvalue weighted by atomic mass is 16.3. The van der Waals surface area contributed by atoms with Gasteiger partial charge in [-0.1, -0.05) is 62.3 Å². The summed E-state index contributed by atoms with van der Waals surface area (Å²) in [6.07, 6.45) is 0. The van der Waals surface area contributed by atoms with Crippen LogP contribution < -0.4 is 5.32 Å². The van der Waals surface area contributed by atoms with Crippen LogP contribution in [0.2, 0.25) is 0 Å². The molecule has 0 spiro atoms. The van der Waals surface area contributed by atoms with E-state index in [2.05, 4.69) is 31.1 Å². The van der Waals surface area contributed by atoms with Crippen molar-refractivity contribution in [3.05, 3.63) is 0 Å². The number of aliphatic imine (C=N–C) groups is 1. The quantitative estimate of drug-likeness (QED) is 0.540. The lowest BCUT2D eigenvalue weighted by Crippen LogP contribution is -2.31. The predicted molar refractivity (Wildman–Crippen MR) is 107 cm³/mol. The number of nitrogens with one attached hydrogen (secondary N) is 3. The van der Waals surface area contributed by atoms with Crippen LogP contribution >= 0.6 is 0 Å². The summed E-state index contributed by atoms with van der Waals surface area (Å²) >= 11 is 0. The highest BCUT2D eigenvalue weighted by Crippen LogP contribution is 2.15. The van der Waals surface area contributed by atoms with Gasteiger partial charge in [-0.25, -0.2) is 0 Å². The van der Waals surface area contributed by atoms with E-state index in [-0.39, 0.29) is 22.9 Å². The molecule has 0 atom stereocenters. The second-order valence-corrected chi connectivity index (χ2v) is 9.17. The lowest BCUT2D eigenvalue weighted by atomic mass is 9.91. The number of aliphatic hydroxyl groups is 1. The number of hydrogen-bond donors (Lipinski definition) is 4. The third-order valence-electron chi connectivity index (χ3n) is 3.57. The smallest absolute Gasteiger partial charge is 0.102 e. The third-order valence-corrected chi connectivity index (χ3v) is 3.57. The van der Waals surface area contributed by atoms with Crippen LogP contribution in [-0.4, -0.2) is 42.1 Å². The molecule has 0 aliphatic carbocycles. The molecule has 1 aliphatic rings. The minimum absolute atomic E-state index is 0.0833. The van der Waals surface area contributed by atoms with Crippen molar-refractivity contribution in [2.24, 2.45) is 21.2 Å². The molecule has 0 radical (unpaired) electrons. The fraction of sp³-hybridized carbons (Fsp3) is 0.842. The van der Waals surface area contributed by atoms with Crippen LogP contribution in [-0.2, 0) is 0 Å². The number of nitrogens with zero attached hydrogens (tertiary/aromatic N) is 1. The van der Waals surface area contributed by atoms with E-state index in [4.69, 9.17) is 15.9 Å². The molecule has 24 heavy (non-hydrogen) atoms. The van der Waals surface area contributed by atoms with Crippen LogP contribution in [0.5, 0.6) is 0 Å². The number of aliphatic hydroxyl groups excluding tert-OH is 1. The summed E-state index contributed by atoms with van der Waals surface area (Å²) in [5.74, 6) is 1.16. The van der Waals surface area contributed by atoms with Crippen LogP contribution in [0.25, 0.3) is 0 Å². The van der Waals surface area contributed by atoms with E-state index >= 15 is 0 Å². The van der Waals surface area contributed by atoms with Gasteiger partial charge in [-0.05, 0) is 12.3 Å². The number of amidine groups is 1. The topological polar surface area (TPSA) is 92.3 Å². The molecule has 0 saturated heterocycles. The maximum Gasteiger partial charge on any atom is 0.102 e. The number of hydrogen-bond acceptors (Lipinski definition) is 5. The van der Waals surface area contributed by atoms with E-state index in [0.29, 0.717) is 5.71 Å². The van der Waals surface area contributed by atoms with Crippen LogP contribution in [0.3, 0.4) is 0 Å². The van der Waals surface area contributed by atoms with Gasteiger partial charge in [0.05, 0.1) is 13.2 Å². The van der Waals surface area contributed by atoms with Crippen LogP contribution in [0.4, 0.5) is 0 Å². The van der Waals surface area contributed by atoms with E-state index in [1.807, 2.05) is 48.5 Å². The highest BCUT2D eigenvalue weighted by molar-refractivity contribution is 5.88. The first-order chi connectivity index (χ1) is 10.5. The standard InChI is InChI=1S/C7H14N2.C6H13NO.C6H13N/c1-7(2,3)6-8-4-5-9-6;1-6(2,3)5(7)4-8;1-5(7)6(2,3)4/h4-5H2,1-3H3,(H,8,9);7-8H,4H2,1-3H3;7H,1-4H3. The van der Waals surface area contributed by atoms with Crippen molar-refractivity contribution >= 4 is 17.3 Å². The molecule has 1 heterocycles. The summed E-state index contributed by atoms with van der Waals surface area (Å²) in [7, 11) is 0. The Morgan fingerprint density at radius 3 is 1.50 bits per heavy atom. The SMILES string of the molecule is CC(=N)C(C)(C)C.CC(C)(C)C(=N)CO.CC(C)(C)C1=NCCN1. The molecular formula is C19H40N4O. The lowest BCUT2D eigenvalue weighted by molar-refractivity contribution is 0.341. The summed E-state index contributed by atoms with van der Waals surface area (Å²) in [5, 5.41) is 26.0. The van der Waals surface area contributed by atoms with Gasteiger partial charge >= 0.3 is 0 Å². The van der Waals surface area contributed by atoms with Gasteiger partial charge in [0.1, 0.15) is 5.84 Å². The molecule has 5 heteroatoms. The van der Waals surface area contributed by atoms with Crippen molar-refractivity contribution < 1.29 is 5.11 Å². The van der Waals surface area contributed by atoms with Gasteiger partial charge in [-0.3, -0.25) is 4.99 Å². The van der Waals surface area contributed by atoms with Gasteiger partial charge in [-0.2, -0.15) is 0 Å². The summed E-state index contributed by atoms with van der Waals surface area (Å²) in [6, 6.07) is 0. The molecule has 4 N–H and O–H groups in total. The Kier molecular flexibility index (Phi) is 10.3. The fourth-order valence-electron chi connectivity index (χ4n) is 1.14. The normalized spacial score (nSPS) is 14.4. The largest absolute Gasteiger partial charge is 0.390 e. The molecule has 0 unspecified atom stereocenters. The van der Waals surface area contributed by atoms with E-state index in [1.165, 1.54) is 0 Å². The first-order valence-electron chi connectivity index (χ1n) is 8.56. The molecule has 0 bridgehead atoms. The maximum absolute atomic E-state index is 8.45. The zero-order chi connectivity index (χ0) is 19.8. The van der Waals surface area contributed by atoms with Crippen molar-refractivity contribution in [1.82, 2.24) is 5.32 Å². The fourth-order valence-corrected chi connectivity index (χ4v) is 1.14. The Hall–Kier alpha value is -1.23. The molecule has 1 aliphatic heterocycles. The molecule has 0 saturated carbocycles. The molecule has 0 aromatic rings. The average molecular weight is 341 g/mol. The molecule has 142 valence electrons. The Bertz CT molecular complexity index is 432. The first-order valence-corrected chi connectivity index (χ1v) is 8.56. The zero-order valence-corrected chi connectivity index (χ0v) is 17.5. The van der Waals surface area contributed by atoms with E-state index < -0.39 is 0 Å². The summed E-state index contributed by atoms with van der Waals surface area (Å²) < 4.78 is 0. The minimum atomic E-state index is -0.158. The van der Waals surface area contributed by atoms with E-state index in [0.717, 1.165) is 24.6 Å². The minimum Gasteiger partial charge on any atom is -0.390 e. The predicted octanol–water partition coefficient (Wildman–Crippen LogP) is 4.15. The first kappa shape index (κ1) is 25.0. The average Bonchev–Trinajstić information content (AvgIpc) is 2.90. The Balaban J connectivity index is 0. The summed E-state index contributed by atoms with van der Waals surface area (Å²) in [4.78, 5) is 4.31. The Morgan fingerprint density at radius 2 is 1.42 bits per heavy atom. The highest BCUT2D eigenvalue weighted by Gasteiger charge is 2.20. The molecule has 0 fully saturated rings. The van der Waals surface area contributed by atoms with Gasteiger partial charge in [0.15, 0.2) is 0 Å². The van der Waals surface area contributed by atoms with Crippen LogP contribution in [0.1, 0.15) is 69.2 Å². The van der Waals surface area contributed by atoms with Crippen molar-refractivity contribution in [3.8, 4) is 0 Å². The van der Waals surface area contributed by atoms with Crippen molar-refractivity contribution in [2.45, 2.75) is 69.2 Å². The molecule has 5 nitrogen and oxygen atoms in total.